The van der Waals surface area contributed by atoms with Crippen molar-refractivity contribution in [2.75, 3.05) is 13.7 Å². The molecule has 0 saturated heterocycles. The van der Waals surface area contributed by atoms with E-state index in [2.05, 4.69) is 5.32 Å². The van der Waals surface area contributed by atoms with Gasteiger partial charge in [0, 0.05) is 13.0 Å². The van der Waals surface area contributed by atoms with Gasteiger partial charge < -0.3 is 25.4 Å². The first-order valence-corrected chi connectivity index (χ1v) is 5.51. The molecule has 1 amide bonds. The molecule has 0 spiro atoms. The molecule has 0 fully saturated rings. The van der Waals surface area contributed by atoms with Gasteiger partial charge in [0.15, 0.2) is 11.5 Å². The number of ether oxygens (including phenoxy) is 1. The van der Waals surface area contributed by atoms with E-state index >= 15 is 0 Å². The Hall–Kier alpha value is -2.28. The van der Waals surface area contributed by atoms with Gasteiger partial charge in [0.1, 0.15) is 6.04 Å². The molecular formula is C12H15NO6. The molecule has 7 heteroatoms. The summed E-state index contributed by atoms with van der Waals surface area (Å²) in [5.74, 6) is -2.26. The zero-order valence-corrected chi connectivity index (χ0v) is 10.3. The topological polar surface area (TPSA) is 116 Å². The Labute approximate surface area is 109 Å². The summed E-state index contributed by atoms with van der Waals surface area (Å²) in [5.41, 5.74) is -0.0939. The second-order valence-corrected chi connectivity index (χ2v) is 3.73. The maximum absolute atomic E-state index is 11.9. The summed E-state index contributed by atoms with van der Waals surface area (Å²) in [5, 5.41) is 29.5. The highest BCUT2D eigenvalue weighted by molar-refractivity contribution is 5.99. The van der Waals surface area contributed by atoms with Crippen molar-refractivity contribution in [1.29, 1.82) is 0 Å². The number of methoxy groups -OCH3 is 1. The molecule has 0 bridgehead atoms. The summed E-state index contributed by atoms with van der Waals surface area (Å²) in [6, 6.07) is 3.08. The standard InChI is InChI=1S/C12H15NO6/c1-19-9-4-2-3-7(10(9)15)11(16)13-8(5-6-14)12(17)18/h2-4,8,14-15H,5-6H2,1H3,(H,13,16)(H,17,18). The third-order valence-corrected chi connectivity index (χ3v) is 2.48. The maximum Gasteiger partial charge on any atom is 0.326 e. The van der Waals surface area contributed by atoms with Crippen molar-refractivity contribution < 1.29 is 29.6 Å². The van der Waals surface area contributed by atoms with E-state index in [1.807, 2.05) is 0 Å². The molecule has 1 atom stereocenters. The predicted octanol–water partition coefficient (Wildman–Crippen LogP) is -0.0338. The molecular weight excluding hydrogens is 254 g/mol. The van der Waals surface area contributed by atoms with Crippen LogP contribution in [0.4, 0.5) is 0 Å². The number of phenols is 1. The zero-order chi connectivity index (χ0) is 14.4. The van der Waals surface area contributed by atoms with Crippen LogP contribution in [0, 0.1) is 0 Å². The molecule has 7 nitrogen and oxygen atoms in total. The van der Waals surface area contributed by atoms with Gasteiger partial charge in [-0.3, -0.25) is 4.79 Å². The Morgan fingerprint density at radius 1 is 1.42 bits per heavy atom. The zero-order valence-electron chi connectivity index (χ0n) is 10.3. The summed E-state index contributed by atoms with van der Waals surface area (Å²) >= 11 is 0. The van der Waals surface area contributed by atoms with Gasteiger partial charge >= 0.3 is 5.97 Å². The minimum absolute atomic E-state index is 0.0939. The van der Waals surface area contributed by atoms with Crippen molar-refractivity contribution in [2.45, 2.75) is 12.5 Å². The van der Waals surface area contributed by atoms with Crippen molar-refractivity contribution in [2.24, 2.45) is 0 Å². The number of carboxylic acids is 1. The van der Waals surface area contributed by atoms with Crippen LogP contribution in [0.3, 0.4) is 0 Å². The molecule has 104 valence electrons. The number of aliphatic hydroxyl groups is 1. The third kappa shape index (κ3) is 3.59. The normalized spacial score (nSPS) is 11.7. The summed E-state index contributed by atoms with van der Waals surface area (Å²) in [7, 11) is 1.34. The van der Waals surface area contributed by atoms with Crippen molar-refractivity contribution >= 4 is 11.9 Å². The lowest BCUT2D eigenvalue weighted by molar-refractivity contribution is -0.139. The van der Waals surface area contributed by atoms with Crippen LogP contribution in [0.5, 0.6) is 11.5 Å². The first-order chi connectivity index (χ1) is 9.01. The second kappa shape index (κ2) is 6.60. The number of amides is 1. The molecule has 0 aliphatic heterocycles. The molecule has 0 heterocycles. The van der Waals surface area contributed by atoms with E-state index < -0.39 is 17.9 Å². The molecule has 0 aliphatic carbocycles. The number of carbonyl (C=O) groups excluding carboxylic acids is 1. The lowest BCUT2D eigenvalue weighted by Crippen LogP contribution is -2.41. The number of rotatable bonds is 6. The Morgan fingerprint density at radius 2 is 2.11 bits per heavy atom. The van der Waals surface area contributed by atoms with Gasteiger partial charge in [-0.15, -0.1) is 0 Å². The Balaban J connectivity index is 2.91. The fraction of sp³-hybridized carbons (Fsp3) is 0.333. The van der Waals surface area contributed by atoms with Crippen molar-refractivity contribution in [1.82, 2.24) is 5.32 Å². The average molecular weight is 269 g/mol. The van der Waals surface area contributed by atoms with Gasteiger partial charge in [-0.25, -0.2) is 4.79 Å². The van der Waals surface area contributed by atoms with Gasteiger partial charge in [0.25, 0.3) is 5.91 Å². The Kier molecular flexibility index (Phi) is 5.13. The molecule has 1 unspecified atom stereocenters. The van der Waals surface area contributed by atoms with Crippen LogP contribution < -0.4 is 10.1 Å². The van der Waals surface area contributed by atoms with Crippen LogP contribution in [0.2, 0.25) is 0 Å². The molecule has 1 aromatic carbocycles. The fourth-order valence-corrected chi connectivity index (χ4v) is 1.49. The summed E-state index contributed by atoms with van der Waals surface area (Å²) in [6.45, 7) is -0.374. The number of carbonyl (C=O) groups is 2. The van der Waals surface area contributed by atoms with E-state index in [0.29, 0.717) is 0 Å². The number of aromatic hydroxyl groups is 1. The van der Waals surface area contributed by atoms with Crippen molar-refractivity contribution in [3.8, 4) is 11.5 Å². The lowest BCUT2D eigenvalue weighted by Gasteiger charge is -2.14. The Morgan fingerprint density at radius 3 is 2.63 bits per heavy atom. The number of phenolic OH excluding ortho intramolecular Hbond substituents is 1. The van der Waals surface area contributed by atoms with Crippen LogP contribution in [-0.2, 0) is 4.79 Å². The number of nitrogens with one attached hydrogen (secondary N) is 1. The molecule has 0 saturated carbocycles. The number of carboxylic acid groups (broad SMARTS) is 1. The van der Waals surface area contributed by atoms with Crippen LogP contribution in [0.15, 0.2) is 18.2 Å². The van der Waals surface area contributed by atoms with Crippen LogP contribution in [0.25, 0.3) is 0 Å². The number of hydrogen-bond donors (Lipinski definition) is 4. The summed E-state index contributed by atoms with van der Waals surface area (Å²) in [4.78, 5) is 22.7. The first kappa shape index (κ1) is 14.8. The van der Waals surface area contributed by atoms with Gasteiger partial charge in [0.2, 0.25) is 0 Å². The number of hydrogen-bond acceptors (Lipinski definition) is 5. The number of aliphatic carboxylic acids is 1. The van der Waals surface area contributed by atoms with Crippen LogP contribution >= 0.6 is 0 Å². The average Bonchev–Trinajstić information content (AvgIpc) is 2.38. The number of aliphatic hydroxyl groups excluding tert-OH is 1. The highest BCUT2D eigenvalue weighted by Gasteiger charge is 2.22. The quantitative estimate of drug-likeness (QED) is 0.576. The smallest absolute Gasteiger partial charge is 0.326 e. The molecule has 1 aromatic rings. The minimum atomic E-state index is -1.26. The van der Waals surface area contributed by atoms with Gasteiger partial charge in [-0.05, 0) is 12.1 Å². The van der Waals surface area contributed by atoms with E-state index in [1.54, 1.807) is 0 Å². The molecule has 0 aliphatic rings. The molecule has 4 N–H and O–H groups in total. The van der Waals surface area contributed by atoms with Crippen molar-refractivity contribution in [3.05, 3.63) is 23.8 Å². The van der Waals surface area contributed by atoms with E-state index in [1.165, 1.54) is 25.3 Å². The van der Waals surface area contributed by atoms with Crippen LogP contribution in [-0.4, -0.2) is 47.0 Å². The number of benzene rings is 1. The number of para-hydroxylation sites is 1. The van der Waals surface area contributed by atoms with Gasteiger partial charge in [0.05, 0.1) is 12.7 Å². The lowest BCUT2D eigenvalue weighted by atomic mass is 10.1. The summed E-state index contributed by atoms with van der Waals surface area (Å²) in [6.07, 6.45) is -0.119. The van der Waals surface area contributed by atoms with E-state index in [0.717, 1.165) is 0 Å². The molecule has 0 radical (unpaired) electrons. The van der Waals surface area contributed by atoms with Crippen LogP contribution in [0.1, 0.15) is 16.8 Å². The molecule has 1 rings (SSSR count). The third-order valence-electron chi connectivity index (χ3n) is 2.48. The van der Waals surface area contributed by atoms with Gasteiger partial charge in [-0.2, -0.15) is 0 Å². The first-order valence-electron chi connectivity index (χ1n) is 5.51. The highest BCUT2D eigenvalue weighted by Crippen LogP contribution is 2.29. The Bertz CT molecular complexity index is 473. The predicted molar refractivity (Wildman–Crippen MR) is 65.3 cm³/mol. The summed E-state index contributed by atoms with van der Waals surface area (Å²) < 4.78 is 4.85. The van der Waals surface area contributed by atoms with Crippen molar-refractivity contribution in [3.63, 3.8) is 0 Å². The minimum Gasteiger partial charge on any atom is -0.504 e. The maximum atomic E-state index is 11.9. The SMILES string of the molecule is COc1cccc(C(=O)NC(CCO)C(=O)O)c1O. The molecule has 19 heavy (non-hydrogen) atoms. The van der Waals surface area contributed by atoms with Gasteiger partial charge in [-0.1, -0.05) is 6.07 Å². The van der Waals surface area contributed by atoms with E-state index in [-0.39, 0.29) is 30.1 Å². The highest BCUT2D eigenvalue weighted by atomic mass is 16.5. The monoisotopic (exact) mass is 269 g/mol. The largest absolute Gasteiger partial charge is 0.504 e. The van der Waals surface area contributed by atoms with E-state index in [4.69, 9.17) is 14.9 Å². The second-order valence-electron chi connectivity index (χ2n) is 3.73. The van der Waals surface area contributed by atoms with E-state index in [9.17, 15) is 14.7 Å². The fourth-order valence-electron chi connectivity index (χ4n) is 1.49. The molecule has 0 aromatic heterocycles.